The number of ether oxygens (including phenoxy) is 1. The number of amides is 1. The van der Waals surface area contributed by atoms with Crippen molar-refractivity contribution >= 4 is 6.09 Å². The van der Waals surface area contributed by atoms with Crippen LogP contribution in [-0.4, -0.2) is 42.8 Å². The largest absolute Gasteiger partial charge is 0.444 e. The van der Waals surface area contributed by atoms with E-state index in [4.69, 9.17) is 4.74 Å². The summed E-state index contributed by atoms with van der Waals surface area (Å²) in [6.07, 6.45) is 1.72. The summed E-state index contributed by atoms with van der Waals surface area (Å²) in [6, 6.07) is 0.274. The number of nitrogens with one attached hydrogen (secondary N) is 1. The molecule has 1 aliphatic rings. The molecule has 0 aromatic rings. The van der Waals surface area contributed by atoms with Crippen LogP contribution in [0.5, 0.6) is 0 Å². The van der Waals surface area contributed by atoms with Gasteiger partial charge < -0.3 is 15.0 Å². The van der Waals surface area contributed by atoms with Crippen molar-refractivity contribution in [3.8, 4) is 0 Å². The Kier molecular flexibility index (Phi) is 12.0. The number of piperidine rings is 1. The number of carbonyl (C=O) groups is 1. The maximum absolute atomic E-state index is 11.5. The topological polar surface area (TPSA) is 41.6 Å². The predicted molar refractivity (Wildman–Crippen MR) is 82.6 cm³/mol. The Morgan fingerprint density at radius 1 is 1.11 bits per heavy atom. The average Bonchev–Trinajstić information content (AvgIpc) is 2.35. The highest BCUT2D eigenvalue weighted by molar-refractivity contribution is 5.68. The molecule has 0 radical (unpaired) electrons. The predicted octanol–water partition coefficient (Wildman–Crippen LogP) is 3.66. The van der Waals surface area contributed by atoms with E-state index in [0.29, 0.717) is 0 Å². The standard InChI is InChI=1S/C11H22N2O2.2C2H6/c1-11(2,3)15-10(14)12-9-5-7-13(4)8-6-9;2*1-2/h9H,5-8H2,1-4H3,(H,12,14);2*1-2H3. The minimum absolute atomic E-state index is 0.274. The van der Waals surface area contributed by atoms with Crippen LogP contribution >= 0.6 is 0 Å². The number of hydrogen-bond donors (Lipinski definition) is 1. The summed E-state index contributed by atoms with van der Waals surface area (Å²) in [6.45, 7) is 15.7. The third kappa shape index (κ3) is 12.0. The highest BCUT2D eigenvalue weighted by Gasteiger charge is 2.21. The van der Waals surface area contributed by atoms with Crippen molar-refractivity contribution in [3.63, 3.8) is 0 Å². The molecule has 1 aliphatic heterocycles. The quantitative estimate of drug-likeness (QED) is 0.793. The zero-order valence-electron chi connectivity index (χ0n) is 14.2. The van der Waals surface area contributed by atoms with E-state index in [1.54, 1.807) is 0 Å². The molecule has 1 N–H and O–H groups in total. The lowest BCUT2D eigenvalue weighted by atomic mass is 10.1. The van der Waals surface area contributed by atoms with Gasteiger partial charge in [0.1, 0.15) is 5.60 Å². The minimum Gasteiger partial charge on any atom is -0.444 e. The van der Waals surface area contributed by atoms with Crippen LogP contribution in [0.3, 0.4) is 0 Å². The third-order valence-corrected chi connectivity index (χ3v) is 2.44. The summed E-state index contributed by atoms with van der Waals surface area (Å²) in [5.41, 5.74) is -0.407. The highest BCUT2D eigenvalue weighted by atomic mass is 16.6. The van der Waals surface area contributed by atoms with Crippen LogP contribution in [0.1, 0.15) is 61.3 Å². The molecule has 4 heteroatoms. The van der Waals surface area contributed by atoms with Gasteiger partial charge in [0.15, 0.2) is 0 Å². The summed E-state index contributed by atoms with van der Waals surface area (Å²) in [5.74, 6) is 0. The number of hydrogen-bond acceptors (Lipinski definition) is 3. The van der Waals surface area contributed by atoms with E-state index in [0.717, 1.165) is 25.9 Å². The van der Waals surface area contributed by atoms with Crippen molar-refractivity contribution in [1.82, 2.24) is 10.2 Å². The second-order valence-electron chi connectivity index (χ2n) is 5.22. The molecule has 0 aliphatic carbocycles. The first-order valence-corrected chi connectivity index (χ1v) is 7.55. The molecule has 0 atom stereocenters. The minimum atomic E-state index is -0.407. The van der Waals surface area contributed by atoms with Crippen molar-refractivity contribution in [2.45, 2.75) is 73.0 Å². The molecule has 19 heavy (non-hydrogen) atoms. The zero-order valence-corrected chi connectivity index (χ0v) is 14.2. The summed E-state index contributed by atoms with van der Waals surface area (Å²) in [4.78, 5) is 13.7. The number of alkyl carbamates (subject to hydrolysis) is 1. The van der Waals surface area contributed by atoms with Gasteiger partial charge in [-0.1, -0.05) is 27.7 Å². The maximum Gasteiger partial charge on any atom is 0.407 e. The molecule has 0 unspecified atom stereocenters. The molecular weight excluding hydrogens is 240 g/mol. The van der Waals surface area contributed by atoms with E-state index in [9.17, 15) is 4.79 Å². The van der Waals surface area contributed by atoms with Crippen LogP contribution in [0.4, 0.5) is 4.79 Å². The summed E-state index contributed by atoms with van der Waals surface area (Å²) < 4.78 is 5.20. The Bertz CT molecular complexity index is 217. The molecule has 0 spiro atoms. The molecule has 0 saturated carbocycles. The van der Waals surface area contributed by atoms with Gasteiger partial charge >= 0.3 is 6.09 Å². The van der Waals surface area contributed by atoms with E-state index >= 15 is 0 Å². The summed E-state index contributed by atoms with van der Waals surface area (Å²) in [5, 5.41) is 2.91. The summed E-state index contributed by atoms with van der Waals surface area (Å²) >= 11 is 0. The van der Waals surface area contributed by atoms with Gasteiger partial charge in [-0.3, -0.25) is 0 Å². The second kappa shape index (κ2) is 11.1. The Morgan fingerprint density at radius 2 is 1.53 bits per heavy atom. The van der Waals surface area contributed by atoms with Gasteiger partial charge in [0.05, 0.1) is 0 Å². The molecule has 1 fully saturated rings. The number of carbonyl (C=O) groups excluding carboxylic acids is 1. The molecule has 1 amide bonds. The third-order valence-electron chi connectivity index (χ3n) is 2.44. The van der Waals surface area contributed by atoms with Gasteiger partial charge in [-0.05, 0) is 53.8 Å². The average molecular weight is 274 g/mol. The molecule has 4 nitrogen and oxygen atoms in total. The lowest BCUT2D eigenvalue weighted by molar-refractivity contribution is 0.0483. The molecule has 116 valence electrons. The molecule has 1 rings (SSSR count). The molecular formula is C15H34N2O2. The second-order valence-corrected chi connectivity index (χ2v) is 5.22. The van der Waals surface area contributed by atoms with Gasteiger partial charge in [0, 0.05) is 6.04 Å². The smallest absolute Gasteiger partial charge is 0.407 e. The summed E-state index contributed by atoms with van der Waals surface area (Å²) in [7, 11) is 2.10. The van der Waals surface area contributed by atoms with Crippen molar-refractivity contribution < 1.29 is 9.53 Å². The maximum atomic E-state index is 11.5. The highest BCUT2D eigenvalue weighted by Crippen LogP contribution is 2.11. The van der Waals surface area contributed by atoms with E-state index in [1.165, 1.54) is 0 Å². The molecule has 0 aromatic heterocycles. The van der Waals surface area contributed by atoms with Crippen molar-refractivity contribution in [1.29, 1.82) is 0 Å². The van der Waals surface area contributed by atoms with Gasteiger partial charge in [-0.15, -0.1) is 0 Å². The van der Waals surface area contributed by atoms with Gasteiger partial charge in [0.2, 0.25) is 0 Å². The number of likely N-dealkylation sites (tertiary alicyclic amines) is 1. The normalized spacial score (nSPS) is 16.4. The molecule has 0 aromatic carbocycles. The number of nitrogens with zero attached hydrogens (tertiary/aromatic N) is 1. The Balaban J connectivity index is 0. The van der Waals surface area contributed by atoms with Crippen molar-refractivity contribution in [2.24, 2.45) is 0 Å². The fourth-order valence-corrected chi connectivity index (χ4v) is 1.63. The van der Waals surface area contributed by atoms with E-state index < -0.39 is 5.60 Å². The fourth-order valence-electron chi connectivity index (χ4n) is 1.63. The fraction of sp³-hybridized carbons (Fsp3) is 0.933. The monoisotopic (exact) mass is 274 g/mol. The zero-order chi connectivity index (χ0) is 15.5. The first kappa shape index (κ1) is 20.5. The van der Waals surface area contributed by atoms with Crippen LogP contribution < -0.4 is 5.32 Å². The lowest BCUT2D eigenvalue weighted by Crippen LogP contribution is -2.45. The van der Waals surface area contributed by atoms with Crippen LogP contribution in [0.2, 0.25) is 0 Å². The van der Waals surface area contributed by atoms with Gasteiger partial charge in [0.25, 0.3) is 0 Å². The molecule has 1 heterocycles. The van der Waals surface area contributed by atoms with Crippen LogP contribution in [0.25, 0.3) is 0 Å². The van der Waals surface area contributed by atoms with Crippen LogP contribution in [0, 0.1) is 0 Å². The van der Waals surface area contributed by atoms with E-state index in [1.807, 2.05) is 48.5 Å². The van der Waals surface area contributed by atoms with Gasteiger partial charge in [-0.25, -0.2) is 4.79 Å². The van der Waals surface area contributed by atoms with E-state index in [2.05, 4.69) is 17.3 Å². The van der Waals surface area contributed by atoms with Crippen LogP contribution in [0.15, 0.2) is 0 Å². The van der Waals surface area contributed by atoms with Crippen LogP contribution in [-0.2, 0) is 4.74 Å². The Labute approximate surface area is 119 Å². The van der Waals surface area contributed by atoms with E-state index in [-0.39, 0.29) is 12.1 Å². The van der Waals surface area contributed by atoms with Gasteiger partial charge in [-0.2, -0.15) is 0 Å². The Morgan fingerprint density at radius 3 is 1.89 bits per heavy atom. The SMILES string of the molecule is CC.CC.CN1CCC(NC(=O)OC(C)(C)C)CC1. The van der Waals surface area contributed by atoms with Crippen molar-refractivity contribution in [3.05, 3.63) is 0 Å². The lowest BCUT2D eigenvalue weighted by Gasteiger charge is -2.30. The Hall–Kier alpha value is -0.770. The number of rotatable bonds is 1. The first-order valence-electron chi connectivity index (χ1n) is 7.55. The molecule has 0 bridgehead atoms. The molecule has 1 saturated heterocycles. The first-order chi connectivity index (χ1) is 8.87. The van der Waals surface area contributed by atoms with Crippen molar-refractivity contribution in [2.75, 3.05) is 20.1 Å².